The molecule has 138 valence electrons. The second kappa shape index (κ2) is 6.54. The number of amides is 3. The van der Waals surface area contributed by atoms with Crippen molar-refractivity contribution in [1.82, 2.24) is 4.90 Å². The summed E-state index contributed by atoms with van der Waals surface area (Å²) in [4.78, 5) is 40.8. The Bertz CT molecular complexity index is 918. The third-order valence-electron chi connectivity index (χ3n) is 5.11. The molecular formula is C21H20N2O4. The summed E-state index contributed by atoms with van der Waals surface area (Å²) in [6.45, 7) is 2.37. The zero-order valence-corrected chi connectivity index (χ0v) is 15.3. The van der Waals surface area contributed by atoms with Crippen LogP contribution in [-0.2, 0) is 11.2 Å². The van der Waals surface area contributed by atoms with Gasteiger partial charge in [0.2, 0.25) is 5.91 Å². The van der Waals surface area contributed by atoms with Gasteiger partial charge in [-0.05, 0) is 48.2 Å². The zero-order valence-electron chi connectivity index (χ0n) is 15.3. The molecule has 0 saturated heterocycles. The monoisotopic (exact) mass is 364 g/mol. The van der Waals surface area contributed by atoms with Crippen molar-refractivity contribution >= 4 is 23.4 Å². The van der Waals surface area contributed by atoms with Crippen molar-refractivity contribution in [1.29, 1.82) is 0 Å². The van der Waals surface area contributed by atoms with Crippen molar-refractivity contribution in [3.05, 3.63) is 59.2 Å². The Kier molecular flexibility index (Phi) is 4.18. The first-order valence-electron chi connectivity index (χ1n) is 8.92. The van der Waals surface area contributed by atoms with Gasteiger partial charge >= 0.3 is 0 Å². The highest BCUT2D eigenvalue weighted by molar-refractivity contribution is 6.22. The Hall–Kier alpha value is -3.15. The normalized spacial score (nSPS) is 18.4. The van der Waals surface area contributed by atoms with E-state index in [1.54, 1.807) is 36.3 Å². The number of carbonyl (C=O) groups excluding carboxylic acids is 3. The number of ether oxygens (including phenoxy) is 1. The molecular weight excluding hydrogens is 344 g/mol. The predicted molar refractivity (Wildman–Crippen MR) is 100 cm³/mol. The zero-order chi connectivity index (χ0) is 19.1. The van der Waals surface area contributed by atoms with E-state index in [2.05, 4.69) is 6.92 Å². The summed E-state index contributed by atoms with van der Waals surface area (Å²) in [5.41, 5.74) is 2.55. The van der Waals surface area contributed by atoms with E-state index in [1.165, 1.54) is 0 Å². The Morgan fingerprint density at radius 3 is 2.41 bits per heavy atom. The molecule has 1 atom stereocenters. The Morgan fingerprint density at radius 2 is 1.78 bits per heavy atom. The van der Waals surface area contributed by atoms with Crippen LogP contribution in [0.25, 0.3) is 0 Å². The molecule has 2 aromatic rings. The van der Waals surface area contributed by atoms with Crippen LogP contribution in [-0.4, -0.2) is 42.8 Å². The predicted octanol–water partition coefficient (Wildman–Crippen LogP) is 2.52. The molecule has 2 aliphatic heterocycles. The van der Waals surface area contributed by atoms with Crippen molar-refractivity contribution in [2.75, 3.05) is 25.1 Å². The lowest BCUT2D eigenvalue weighted by Gasteiger charge is -2.34. The number of methoxy groups -OCH3 is 1. The molecule has 0 aromatic heterocycles. The van der Waals surface area contributed by atoms with Gasteiger partial charge in [0, 0.05) is 12.2 Å². The SMILES string of the molecule is COc1ccc2c(c1)CC(C)CN2C(=O)CN1C(=O)c2ccccc2C1=O. The summed E-state index contributed by atoms with van der Waals surface area (Å²) < 4.78 is 5.28. The standard InChI is InChI=1S/C21H20N2O4/c1-13-9-14-10-15(27-2)7-8-18(14)22(11-13)19(24)12-23-20(25)16-5-3-4-6-17(16)21(23)26/h3-8,10,13H,9,11-12H2,1-2H3. The molecule has 4 rings (SSSR count). The maximum atomic E-state index is 13.0. The molecule has 6 heteroatoms. The molecule has 0 spiro atoms. The number of imide groups is 1. The molecule has 0 bridgehead atoms. The lowest BCUT2D eigenvalue weighted by atomic mass is 9.93. The minimum Gasteiger partial charge on any atom is -0.497 e. The molecule has 2 heterocycles. The van der Waals surface area contributed by atoms with Gasteiger partial charge in [-0.15, -0.1) is 0 Å². The number of rotatable bonds is 3. The number of hydrogen-bond acceptors (Lipinski definition) is 4. The summed E-state index contributed by atoms with van der Waals surface area (Å²) in [5, 5.41) is 0. The number of hydrogen-bond donors (Lipinski definition) is 0. The van der Waals surface area contributed by atoms with E-state index in [4.69, 9.17) is 4.74 Å². The van der Waals surface area contributed by atoms with Crippen molar-refractivity contribution in [2.45, 2.75) is 13.3 Å². The van der Waals surface area contributed by atoms with Crippen LogP contribution >= 0.6 is 0 Å². The van der Waals surface area contributed by atoms with Crippen LogP contribution in [0.4, 0.5) is 5.69 Å². The van der Waals surface area contributed by atoms with Gasteiger partial charge in [-0.3, -0.25) is 19.3 Å². The van der Waals surface area contributed by atoms with Gasteiger partial charge in [-0.2, -0.15) is 0 Å². The van der Waals surface area contributed by atoms with E-state index in [1.807, 2.05) is 18.2 Å². The Balaban J connectivity index is 1.60. The minimum absolute atomic E-state index is 0.259. The Morgan fingerprint density at radius 1 is 1.11 bits per heavy atom. The molecule has 3 amide bonds. The highest BCUT2D eigenvalue weighted by Crippen LogP contribution is 2.33. The third-order valence-corrected chi connectivity index (χ3v) is 5.11. The van der Waals surface area contributed by atoms with Gasteiger partial charge in [-0.1, -0.05) is 19.1 Å². The lowest BCUT2D eigenvalue weighted by Crippen LogP contribution is -2.46. The first-order valence-corrected chi connectivity index (χ1v) is 8.92. The molecule has 27 heavy (non-hydrogen) atoms. The topological polar surface area (TPSA) is 66.9 Å². The quantitative estimate of drug-likeness (QED) is 0.785. The fraction of sp³-hybridized carbons (Fsp3) is 0.286. The molecule has 0 radical (unpaired) electrons. The summed E-state index contributed by atoms with van der Waals surface area (Å²) in [5.74, 6) is -0.0678. The van der Waals surface area contributed by atoms with E-state index in [0.717, 1.165) is 28.3 Å². The van der Waals surface area contributed by atoms with E-state index in [0.29, 0.717) is 17.7 Å². The van der Waals surface area contributed by atoms with Crippen molar-refractivity contribution in [3.63, 3.8) is 0 Å². The van der Waals surface area contributed by atoms with Crippen LogP contribution < -0.4 is 9.64 Å². The molecule has 0 saturated carbocycles. The average Bonchev–Trinajstić information content (AvgIpc) is 2.92. The summed E-state index contributed by atoms with van der Waals surface area (Å²) >= 11 is 0. The van der Waals surface area contributed by atoms with Crippen molar-refractivity contribution in [2.24, 2.45) is 5.92 Å². The molecule has 2 aromatic carbocycles. The van der Waals surface area contributed by atoms with Crippen LogP contribution in [0, 0.1) is 5.92 Å². The lowest BCUT2D eigenvalue weighted by molar-refractivity contribution is -0.119. The van der Waals surface area contributed by atoms with E-state index >= 15 is 0 Å². The summed E-state index contributed by atoms with van der Waals surface area (Å²) in [7, 11) is 1.61. The molecule has 0 fully saturated rings. The highest BCUT2D eigenvalue weighted by Gasteiger charge is 2.38. The molecule has 6 nitrogen and oxygen atoms in total. The van der Waals surface area contributed by atoms with Gasteiger partial charge in [0.25, 0.3) is 11.8 Å². The Labute approximate surface area is 157 Å². The second-order valence-electron chi connectivity index (χ2n) is 7.05. The van der Waals surface area contributed by atoms with Crippen LogP contribution in [0.3, 0.4) is 0 Å². The minimum atomic E-state index is -0.413. The maximum Gasteiger partial charge on any atom is 0.262 e. The first-order chi connectivity index (χ1) is 13.0. The van der Waals surface area contributed by atoms with Gasteiger partial charge < -0.3 is 9.64 Å². The largest absolute Gasteiger partial charge is 0.497 e. The summed E-state index contributed by atoms with van der Waals surface area (Å²) in [6, 6.07) is 12.3. The smallest absolute Gasteiger partial charge is 0.262 e. The summed E-state index contributed by atoms with van der Waals surface area (Å²) in [6.07, 6.45) is 0.851. The van der Waals surface area contributed by atoms with Crippen LogP contribution in [0.1, 0.15) is 33.2 Å². The van der Waals surface area contributed by atoms with Gasteiger partial charge in [0.05, 0.1) is 18.2 Å². The third kappa shape index (κ3) is 2.87. The fourth-order valence-corrected chi connectivity index (χ4v) is 3.81. The maximum absolute atomic E-state index is 13.0. The van der Waals surface area contributed by atoms with Crippen LogP contribution in [0.5, 0.6) is 5.75 Å². The van der Waals surface area contributed by atoms with Crippen LogP contribution in [0.2, 0.25) is 0 Å². The molecule has 2 aliphatic rings. The molecule has 0 aliphatic carbocycles. The van der Waals surface area contributed by atoms with Crippen LogP contribution in [0.15, 0.2) is 42.5 Å². The van der Waals surface area contributed by atoms with Crippen molar-refractivity contribution < 1.29 is 19.1 Å². The van der Waals surface area contributed by atoms with E-state index in [-0.39, 0.29) is 18.4 Å². The first kappa shape index (κ1) is 17.3. The highest BCUT2D eigenvalue weighted by atomic mass is 16.5. The fourth-order valence-electron chi connectivity index (χ4n) is 3.81. The number of carbonyl (C=O) groups is 3. The van der Waals surface area contributed by atoms with E-state index < -0.39 is 11.8 Å². The van der Waals surface area contributed by atoms with Gasteiger partial charge in [-0.25, -0.2) is 0 Å². The van der Waals surface area contributed by atoms with Crippen molar-refractivity contribution in [3.8, 4) is 5.75 Å². The number of benzene rings is 2. The molecule has 1 unspecified atom stereocenters. The van der Waals surface area contributed by atoms with Gasteiger partial charge in [0.15, 0.2) is 0 Å². The average molecular weight is 364 g/mol. The van der Waals surface area contributed by atoms with E-state index in [9.17, 15) is 14.4 Å². The molecule has 0 N–H and O–H groups in total. The number of anilines is 1. The number of fused-ring (bicyclic) bond motifs is 2. The number of nitrogens with zero attached hydrogens (tertiary/aromatic N) is 2. The second-order valence-corrected chi connectivity index (χ2v) is 7.05. The van der Waals surface area contributed by atoms with Gasteiger partial charge in [0.1, 0.15) is 12.3 Å².